The van der Waals surface area contributed by atoms with Crippen LogP contribution in [0.4, 0.5) is 0 Å². The summed E-state index contributed by atoms with van der Waals surface area (Å²) in [7, 11) is 0. The summed E-state index contributed by atoms with van der Waals surface area (Å²) >= 11 is 0. The van der Waals surface area contributed by atoms with Crippen LogP contribution in [0, 0.1) is 21.6 Å². The van der Waals surface area contributed by atoms with Crippen LogP contribution < -0.4 is 11.5 Å². The second kappa shape index (κ2) is 33.0. The number of nitrogens with one attached hydrogen (secondary N) is 4. The molecule has 0 fully saturated rings. The summed E-state index contributed by atoms with van der Waals surface area (Å²) in [6.07, 6.45) is 5.16. The average molecular weight is 473 g/mol. The Kier molecular flexibility index (Phi) is 35.6. The number of hydrogen-bond donors (Lipinski definition) is 7. The van der Waals surface area contributed by atoms with Crippen LogP contribution in [0.1, 0.15) is 19.3 Å². The van der Waals surface area contributed by atoms with E-state index in [1.54, 1.807) is 0 Å². The molecule has 1 unspecified atom stereocenters. The van der Waals surface area contributed by atoms with Crippen molar-refractivity contribution in [3.63, 3.8) is 0 Å². The standard InChI is InChI=1S/C12H10.C6H14N2O2.4CHNO/c1-3-7-11(8-4-1)12-9-5-2-6-10-12;7-4-2-1-3-5(8)6(9)10;4*2-1-3/h1-10H;5H,1-4,7-8H2,(H,9,10);4*2H. The van der Waals surface area contributed by atoms with Crippen LogP contribution in [0.5, 0.6) is 0 Å². The molecule has 9 N–H and O–H groups in total. The maximum absolute atomic E-state index is 10.1. The molecule has 0 bridgehead atoms. The van der Waals surface area contributed by atoms with Gasteiger partial charge in [0.25, 0.3) is 0 Å². The fourth-order valence-electron chi connectivity index (χ4n) is 1.89. The number of benzene rings is 2. The number of rotatable bonds is 6. The van der Waals surface area contributed by atoms with Crippen LogP contribution in [0.25, 0.3) is 11.1 Å². The molecule has 0 aliphatic heterocycles. The Bertz CT molecular complexity index is 784. The van der Waals surface area contributed by atoms with Gasteiger partial charge in [-0.3, -0.25) is 4.79 Å². The van der Waals surface area contributed by atoms with Gasteiger partial charge in [0.2, 0.25) is 24.3 Å². The number of carboxylic acid groups (broad SMARTS) is 1. The largest absolute Gasteiger partial charge is 0.480 e. The molecule has 0 aliphatic rings. The highest BCUT2D eigenvalue weighted by atomic mass is 16.4. The van der Waals surface area contributed by atoms with Gasteiger partial charge >= 0.3 is 5.97 Å². The highest BCUT2D eigenvalue weighted by Gasteiger charge is 2.09. The topological polar surface area (TPSA) is 253 Å². The fourth-order valence-corrected chi connectivity index (χ4v) is 1.89. The number of hydrogen-bond acceptors (Lipinski definition) is 11. The van der Waals surface area contributed by atoms with Crippen molar-refractivity contribution in [3.05, 3.63) is 60.7 Å². The first-order valence-electron chi connectivity index (χ1n) is 9.25. The van der Waals surface area contributed by atoms with Gasteiger partial charge < -0.3 is 16.6 Å². The lowest BCUT2D eigenvalue weighted by molar-refractivity contribution is -0.138. The van der Waals surface area contributed by atoms with Crippen molar-refractivity contribution in [1.82, 2.24) is 0 Å². The fraction of sp³-hybridized carbons (Fsp3) is 0.227. The molecule has 0 spiro atoms. The minimum absolute atomic E-state index is 0.520. The SMILES string of the molecule is N=C=O.N=C=O.N=C=O.N=C=O.NCCCCC(N)C(=O)O.c1ccc(-c2ccccc2)cc1. The zero-order chi connectivity index (χ0) is 27.0. The van der Waals surface area contributed by atoms with Gasteiger partial charge in [-0.25, -0.2) is 40.8 Å². The summed E-state index contributed by atoms with van der Waals surface area (Å²) in [6, 6.07) is 20.1. The maximum Gasteiger partial charge on any atom is 0.320 e. The highest BCUT2D eigenvalue weighted by Crippen LogP contribution is 2.17. The number of nitrogens with two attached hydrogens (primary N) is 2. The molecule has 1 atom stereocenters. The number of carbonyl (C=O) groups is 1. The van der Waals surface area contributed by atoms with Crippen molar-refractivity contribution in [2.45, 2.75) is 25.3 Å². The number of aliphatic carboxylic acids is 1. The van der Waals surface area contributed by atoms with Crippen molar-refractivity contribution in [3.8, 4) is 11.1 Å². The predicted octanol–water partition coefficient (Wildman–Crippen LogP) is 2.48. The van der Waals surface area contributed by atoms with Crippen molar-refractivity contribution in [2.24, 2.45) is 11.5 Å². The Morgan fingerprint density at radius 2 is 1.03 bits per heavy atom. The van der Waals surface area contributed by atoms with Crippen LogP contribution in [0.2, 0.25) is 0 Å². The highest BCUT2D eigenvalue weighted by molar-refractivity contribution is 5.72. The Morgan fingerprint density at radius 1 is 0.735 bits per heavy atom. The Balaban J connectivity index is -0.000000184. The van der Waals surface area contributed by atoms with Crippen molar-refractivity contribution in [1.29, 1.82) is 21.6 Å². The minimum Gasteiger partial charge on any atom is -0.480 e. The minimum atomic E-state index is -0.933. The third-order valence-electron chi connectivity index (χ3n) is 3.17. The van der Waals surface area contributed by atoms with E-state index in [1.165, 1.54) is 11.1 Å². The molecule has 0 aliphatic carbocycles. The molecule has 182 valence electrons. The van der Waals surface area contributed by atoms with E-state index in [2.05, 4.69) is 48.5 Å². The van der Waals surface area contributed by atoms with Crippen LogP contribution in [0.15, 0.2) is 60.7 Å². The second-order valence-electron chi connectivity index (χ2n) is 5.37. The lowest BCUT2D eigenvalue weighted by atomic mass is 10.1. The van der Waals surface area contributed by atoms with Crippen LogP contribution >= 0.6 is 0 Å². The summed E-state index contributed by atoms with van der Waals surface area (Å²) in [4.78, 5) is 43.5. The lowest BCUT2D eigenvalue weighted by Gasteiger charge is -2.03. The quantitative estimate of drug-likeness (QED) is 0.186. The van der Waals surface area contributed by atoms with Gasteiger partial charge in [0, 0.05) is 0 Å². The molecule has 2 aromatic rings. The zero-order valence-corrected chi connectivity index (χ0v) is 18.3. The first-order valence-corrected chi connectivity index (χ1v) is 9.25. The molecular formula is C22H28N6O6. The molecule has 2 rings (SSSR count). The van der Waals surface area contributed by atoms with Gasteiger partial charge in [-0.15, -0.1) is 0 Å². The zero-order valence-electron chi connectivity index (χ0n) is 18.3. The Hall–Kier alpha value is -4.65. The Labute approximate surface area is 196 Å². The molecule has 0 saturated heterocycles. The van der Waals surface area contributed by atoms with E-state index in [9.17, 15) is 4.79 Å². The van der Waals surface area contributed by atoms with E-state index in [-0.39, 0.29) is 0 Å². The van der Waals surface area contributed by atoms with Gasteiger partial charge in [0.15, 0.2) is 0 Å². The maximum atomic E-state index is 10.1. The van der Waals surface area contributed by atoms with E-state index in [0.717, 1.165) is 37.2 Å². The molecule has 0 radical (unpaired) electrons. The first kappa shape index (κ1) is 36.7. The number of unbranched alkanes of at least 4 members (excludes halogenated alkanes) is 1. The third-order valence-corrected chi connectivity index (χ3v) is 3.17. The van der Waals surface area contributed by atoms with Crippen molar-refractivity contribution >= 4 is 30.3 Å². The van der Waals surface area contributed by atoms with E-state index in [1.807, 2.05) is 12.1 Å². The summed E-state index contributed by atoms with van der Waals surface area (Å²) in [5.74, 6) is -0.933. The van der Waals surface area contributed by atoms with Gasteiger partial charge in [0.1, 0.15) is 6.04 Å². The smallest absolute Gasteiger partial charge is 0.320 e. The third kappa shape index (κ3) is 32.0. The molecule has 34 heavy (non-hydrogen) atoms. The first-order chi connectivity index (χ1) is 16.3. The molecular weight excluding hydrogens is 444 g/mol. The number of carboxylic acids is 1. The van der Waals surface area contributed by atoms with Gasteiger partial charge in [-0.2, -0.15) is 0 Å². The number of carbonyl (C=O) groups excluding carboxylic acids is 4. The van der Waals surface area contributed by atoms with E-state index in [0.29, 0.717) is 13.0 Å². The molecule has 0 saturated carbocycles. The van der Waals surface area contributed by atoms with Gasteiger partial charge in [0.05, 0.1) is 0 Å². The molecule has 0 aromatic heterocycles. The summed E-state index contributed by atoms with van der Waals surface area (Å²) < 4.78 is 0. The monoisotopic (exact) mass is 472 g/mol. The summed E-state index contributed by atoms with van der Waals surface area (Å²) in [5, 5.41) is 29.9. The molecule has 12 nitrogen and oxygen atoms in total. The van der Waals surface area contributed by atoms with Crippen LogP contribution in [-0.4, -0.2) is 48.0 Å². The molecule has 12 heteroatoms. The van der Waals surface area contributed by atoms with Crippen LogP contribution in [-0.2, 0) is 24.0 Å². The van der Waals surface area contributed by atoms with Crippen LogP contribution in [0.3, 0.4) is 0 Å². The number of isocyanates is 4. The summed E-state index contributed by atoms with van der Waals surface area (Å²) in [6.45, 7) is 0.604. The van der Waals surface area contributed by atoms with Crippen molar-refractivity contribution < 1.29 is 29.1 Å². The Morgan fingerprint density at radius 3 is 1.26 bits per heavy atom. The van der Waals surface area contributed by atoms with Gasteiger partial charge in [-0.05, 0) is 30.5 Å². The summed E-state index contributed by atoms with van der Waals surface area (Å²) in [5.41, 5.74) is 13.0. The lowest BCUT2D eigenvalue weighted by Crippen LogP contribution is -2.29. The van der Waals surface area contributed by atoms with Crippen molar-refractivity contribution in [2.75, 3.05) is 6.54 Å². The van der Waals surface area contributed by atoms with E-state index >= 15 is 0 Å². The second-order valence-corrected chi connectivity index (χ2v) is 5.37. The van der Waals surface area contributed by atoms with Gasteiger partial charge in [-0.1, -0.05) is 67.1 Å². The average Bonchev–Trinajstić information content (AvgIpc) is 2.83. The normalized spacial score (nSPS) is 8.18. The predicted molar refractivity (Wildman–Crippen MR) is 124 cm³/mol. The molecule has 2 aromatic carbocycles. The van der Waals surface area contributed by atoms with E-state index in [4.69, 9.17) is 57.4 Å². The molecule has 0 amide bonds. The van der Waals surface area contributed by atoms with E-state index < -0.39 is 12.0 Å². The molecule has 0 heterocycles.